The average Bonchev–Trinajstić information content (AvgIpc) is 2.58. The summed E-state index contributed by atoms with van der Waals surface area (Å²) in [6.45, 7) is 7.23. The highest BCUT2D eigenvalue weighted by Crippen LogP contribution is 2.19. The fourth-order valence-electron chi connectivity index (χ4n) is 2.57. The largest absolute Gasteiger partial charge is 0.444 e. The van der Waals surface area contributed by atoms with Crippen LogP contribution in [0.5, 0.6) is 0 Å². The number of rotatable bonds is 4. The number of amides is 2. The molecule has 1 aromatic carbocycles. The first-order chi connectivity index (χ1) is 12.2. The van der Waals surface area contributed by atoms with Crippen molar-refractivity contribution in [2.75, 3.05) is 37.6 Å². The number of nitrogens with one attached hydrogen (secondary N) is 1. The van der Waals surface area contributed by atoms with Crippen LogP contribution in [0.2, 0.25) is 0 Å². The number of halogens is 2. The van der Waals surface area contributed by atoms with E-state index in [0.717, 1.165) is 5.69 Å². The maximum atomic E-state index is 12.1. The van der Waals surface area contributed by atoms with E-state index in [4.69, 9.17) is 4.74 Å². The maximum absolute atomic E-state index is 12.1. The third-order valence-electron chi connectivity index (χ3n) is 3.84. The van der Waals surface area contributed by atoms with Crippen LogP contribution in [0.15, 0.2) is 24.3 Å². The third kappa shape index (κ3) is 5.86. The number of carbonyl (C=O) groups excluding carboxylic acids is 2. The fourth-order valence-corrected chi connectivity index (χ4v) is 2.57. The van der Waals surface area contributed by atoms with Crippen molar-refractivity contribution in [1.29, 1.82) is 0 Å². The second-order valence-corrected chi connectivity index (χ2v) is 7.10. The van der Waals surface area contributed by atoms with Gasteiger partial charge in [-0.25, -0.2) is 13.6 Å². The van der Waals surface area contributed by atoms with Gasteiger partial charge in [0.05, 0.1) is 6.54 Å². The standard InChI is InChI=1S/C18H25F2N3O3/c1-18(2,3)26-17(25)23-10-8-22(9-11-23)14-6-4-13(5-7-14)16(24)21-12-15(19)20/h4-7,15H,8-12H2,1-3H3,(H,21,24). The van der Waals surface area contributed by atoms with Crippen molar-refractivity contribution in [2.24, 2.45) is 0 Å². The first kappa shape index (κ1) is 19.9. The van der Waals surface area contributed by atoms with E-state index in [1.54, 1.807) is 29.2 Å². The number of alkyl halides is 2. The molecule has 2 amide bonds. The highest BCUT2D eigenvalue weighted by atomic mass is 19.3. The van der Waals surface area contributed by atoms with E-state index in [1.807, 2.05) is 20.8 Å². The zero-order chi connectivity index (χ0) is 19.3. The zero-order valence-corrected chi connectivity index (χ0v) is 15.3. The molecule has 0 aliphatic carbocycles. The molecule has 1 heterocycles. The molecule has 1 N–H and O–H groups in total. The average molecular weight is 369 g/mol. The minimum absolute atomic E-state index is 0.316. The van der Waals surface area contributed by atoms with Gasteiger partial charge in [0.15, 0.2) is 0 Å². The molecule has 26 heavy (non-hydrogen) atoms. The summed E-state index contributed by atoms with van der Waals surface area (Å²) in [5.41, 5.74) is 0.732. The number of anilines is 1. The van der Waals surface area contributed by atoms with E-state index >= 15 is 0 Å². The Morgan fingerprint density at radius 3 is 2.19 bits per heavy atom. The van der Waals surface area contributed by atoms with Gasteiger partial charge in [0.25, 0.3) is 12.3 Å². The van der Waals surface area contributed by atoms with Crippen LogP contribution in [-0.4, -0.2) is 61.7 Å². The number of carbonyl (C=O) groups is 2. The van der Waals surface area contributed by atoms with Crippen molar-refractivity contribution in [3.63, 3.8) is 0 Å². The molecule has 0 radical (unpaired) electrons. The second kappa shape index (κ2) is 8.33. The molecular formula is C18H25F2N3O3. The second-order valence-electron chi connectivity index (χ2n) is 7.10. The predicted octanol–water partition coefficient (Wildman–Crippen LogP) is 2.74. The molecule has 0 saturated carbocycles. The minimum Gasteiger partial charge on any atom is -0.444 e. The normalized spacial score (nSPS) is 15.2. The van der Waals surface area contributed by atoms with Crippen molar-refractivity contribution >= 4 is 17.7 Å². The Kier molecular flexibility index (Phi) is 6.39. The van der Waals surface area contributed by atoms with E-state index < -0.39 is 24.5 Å². The molecule has 2 rings (SSSR count). The lowest BCUT2D eigenvalue weighted by molar-refractivity contribution is 0.0240. The Morgan fingerprint density at radius 1 is 1.12 bits per heavy atom. The Balaban J connectivity index is 1.87. The van der Waals surface area contributed by atoms with E-state index in [2.05, 4.69) is 10.2 Å². The van der Waals surface area contributed by atoms with E-state index in [1.165, 1.54) is 0 Å². The molecule has 0 spiro atoms. The Morgan fingerprint density at radius 2 is 1.69 bits per heavy atom. The third-order valence-corrected chi connectivity index (χ3v) is 3.84. The van der Waals surface area contributed by atoms with Gasteiger partial charge in [0, 0.05) is 37.4 Å². The maximum Gasteiger partial charge on any atom is 0.410 e. The van der Waals surface area contributed by atoms with Gasteiger partial charge in [-0.2, -0.15) is 0 Å². The predicted molar refractivity (Wildman–Crippen MR) is 94.8 cm³/mol. The van der Waals surface area contributed by atoms with Crippen LogP contribution < -0.4 is 10.2 Å². The SMILES string of the molecule is CC(C)(C)OC(=O)N1CCN(c2ccc(C(=O)NCC(F)F)cc2)CC1. The molecule has 1 saturated heterocycles. The fraction of sp³-hybridized carbons (Fsp3) is 0.556. The summed E-state index contributed by atoms with van der Waals surface area (Å²) in [4.78, 5) is 27.6. The molecule has 1 aromatic rings. The molecule has 0 bridgehead atoms. The summed E-state index contributed by atoms with van der Waals surface area (Å²) in [6, 6.07) is 6.77. The Labute approximate surface area is 152 Å². The van der Waals surface area contributed by atoms with Crippen LogP contribution in [0.1, 0.15) is 31.1 Å². The van der Waals surface area contributed by atoms with Crippen molar-refractivity contribution in [2.45, 2.75) is 32.8 Å². The Hall–Kier alpha value is -2.38. The van der Waals surface area contributed by atoms with Gasteiger partial charge in [0.1, 0.15) is 5.60 Å². The number of hydrogen-bond acceptors (Lipinski definition) is 4. The van der Waals surface area contributed by atoms with E-state index in [-0.39, 0.29) is 6.09 Å². The van der Waals surface area contributed by atoms with E-state index in [0.29, 0.717) is 31.7 Å². The number of ether oxygens (including phenoxy) is 1. The number of benzene rings is 1. The van der Waals surface area contributed by atoms with Gasteiger partial charge in [-0.1, -0.05) is 0 Å². The van der Waals surface area contributed by atoms with Crippen molar-refractivity contribution < 1.29 is 23.1 Å². The molecule has 6 nitrogen and oxygen atoms in total. The highest BCUT2D eigenvalue weighted by molar-refractivity contribution is 5.94. The van der Waals surface area contributed by atoms with Gasteiger partial charge in [0.2, 0.25) is 0 Å². The summed E-state index contributed by atoms with van der Waals surface area (Å²) in [5, 5.41) is 2.17. The lowest BCUT2D eigenvalue weighted by Crippen LogP contribution is -2.50. The summed E-state index contributed by atoms with van der Waals surface area (Å²) in [7, 11) is 0. The minimum atomic E-state index is -2.57. The van der Waals surface area contributed by atoms with Crippen molar-refractivity contribution in [1.82, 2.24) is 10.2 Å². The van der Waals surface area contributed by atoms with Gasteiger partial charge >= 0.3 is 6.09 Å². The van der Waals surface area contributed by atoms with Crippen LogP contribution in [-0.2, 0) is 4.74 Å². The van der Waals surface area contributed by atoms with Gasteiger partial charge in [-0.15, -0.1) is 0 Å². The topological polar surface area (TPSA) is 61.9 Å². The quantitative estimate of drug-likeness (QED) is 0.887. The summed E-state index contributed by atoms with van der Waals surface area (Å²) in [6.07, 6.45) is -2.89. The molecule has 8 heteroatoms. The molecule has 0 aromatic heterocycles. The number of hydrogen-bond donors (Lipinski definition) is 1. The smallest absolute Gasteiger partial charge is 0.410 e. The first-order valence-corrected chi connectivity index (χ1v) is 8.55. The van der Waals surface area contributed by atoms with Crippen LogP contribution in [0.4, 0.5) is 19.3 Å². The molecule has 144 valence electrons. The Bertz CT molecular complexity index is 622. The van der Waals surface area contributed by atoms with Crippen LogP contribution in [0.25, 0.3) is 0 Å². The molecule has 1 aliphatic heterocycles. The summed E-state index contributed by atoms with van der Waals surface area (Å²) >= 11 is 0. The van der Waals surface area contributed by atoms with Gasteiger partial charge in [-0.3, -0.25) is 4.79 Å². The molecule has 0 unspecified atom stereocenters. The lowest BCUT2D eigenvalue weighted by Gasteiger charge is -2.36. The zero-order valence-electron chi connectivity index (χ0n) is 15.3. The van der Waals surface area contributed by atoms with Crippen molar-refractivity contribution in [3.05, 3.63) is 29.8 Å². The van der Waals surface area contributed by atoms with E-state index in [9.17, 15) is 18.4 Å². The molecule has 0 atom stereocenters. The monoisotopic (exact) mass is 369 g/mol. The molecule has 1 aliphatic rings. The van der Waals surface area contributed by atoms with Crippen LogP contribution in [0.3, 0.4) is 0 Å². The summed E-state index contributed by atoms with van der Waals surface area (Å²) in [5.74, 6) is -0.522. The van der Waals surface area contributed by atoms with Crippen LogP contribution in [0, 0.1) is 0 Å². The molecular weight excluding hydrogens is 344 g/mol. The molecule has 1 fully saturated rings. The van der Waals surface area contributed by atoms with Gasteiger partial charge in [-0.05, 0) is 45.0 Å². The van der Waals surface area contributed by atoms with Crippen LogP contribution >= 0.6 is 0 Å². The van der Waals surface area contributed by atoms with Crippen molar-refractivity contribution in [3.8, 4) is 0 Å². The lowest BCUT2D eigenvalue weighted by atomic mass is 10.1. The summed E-state index contributed by atoms with van der Waals surface area (Å²) < 4.78 is 29.6. The highest BCUT2D eigenvalue weighted by Gasteiger charge is 2.26. The number of nitrogens with zero attached hydrogens (tertiary/aromatic N) is 2. The first-order valence-electron chi connectivity index (χ1n) is 8.55. The number of piperazine rings is 1. The van der Waals surface area contributed by atoms with Gasteiger partial charge < -0.3 is 19.9 Å².